The number of imidazole rings is 1. The molecule has 0 bridgehead atoms. The van der Waals surface area contributed by atoms with Crippen LogP contribution in [0.1, 0.15) is 39.5 Å². The number of nitrogens with zero attached hydrogens (tertiary/aromatic N) is 2. The number of benzene rings is 2. The van der Waals surface area contributed by atoms with Crippen molar-refractivity contribution in [1.29, 1.82) is 0 Å². The zero-order chi connectivity index (χ0) is 22.3. The molecule has 2 heterocycles. The van der Waals surface area contributed by atoms with Gasteiger partial charge in [-0.15, -0.1) is 11.3 Å². The lowest BCUT2D eigenvalue weighted by Gasteiger charge is -2.11. The Labute approximate surface area is 193 Å². The number of carbonyl (C=O) groups is 1. The van der Waals surface area contributed by atoms with E-state index >= 15 is 0 Å². The minimum absolute atomic E-state index is 0.0220. The number of unbranched alkanes of at least 4 members (excludes halogenated alkanes) is 1. The van der Waals surface area contributed by atoms with Crippen LogP contribution in [0.2, 0.25) is 0 Å². The third-order valence-electron chi connectivity index (χ3n) is 5.35. The van der Waals surface area contributed by atoms with E-state index in [9.17, 15) is 4.79 Å². The van der Waals surface area contributed by atoms with E-state index in [1.54, 1.807) is 0 Å². The Kier molecular flexibility index (Phi) is 7.22. The largest absolute Gasteiger partial charge is 0.494 e. The number of aromatic nitrogens is 2. The highest BCUT2D eigenvalue weighted by molar-refractivity contribution is 7.12. The van der Waals surface area contributed by atoms with Gasteiger partial charge in [-0.05, 0) is 73.5 Å². The first kappa shape index (κ1) is 22.1. The summed E-state index contributed by atoms with van der Waals surface area (Å²) in [6.45, 7) is 6.32. The molecule has 4 aromatic rings. The normalized spacial score (nSPS) is 11.1. The maximum Gasteiger partial charge on any atom is 0.261 e. The zero-order valence-corrected chi connectivity index (χ0v) is 19.5. The van der Waals surface area contributed by atoms with Gasteiger partial charge in [-0.2, -0.15) is 0 Å². The summed E-state index contributed by atoms with van der Waals surface area (Å²) in [6.07, 6.45) is 2.67. The van der Waals surface area contributed by atoms with Gasteiger partial charge in [0.05, 0.1) is 22.5 Å². The predicted octanol–water partition coefficient (Wildman–Crippen LogP) is 5.55. The molecule has 0 aliphatic rings. The van der Waals surface area contributed by atoms with E-state index < -0.39 is 0 Å². The molecule has 0 radical (unpaired) electrons. The average molecular weight is 448 g/mol. The summed E-state index contributed by atoms with van der Waals surface area (Å²) >= 11 is 1.46. The van der Waals surface area contributed by atoms with Crippen molar-refractivity contribution >= 4 is 28.3 Å². The molecule has 166 valence electrons. The predicted molar refractivity (Wildman–Crippen MR) is 131 cm³/mol. The van der Waals surface area contributed by atoms with Crippen LogP contribution in [0.4, 0.5) is 0 Å². The third-order valence-corrected chi connectivity index (χ3v) is 6.22. The second-order valence-electron chi connectivity index (χ2n) is 8.03. The molecular weight excluding hydrogens is 418 g/mol. The van der Waals surface area contributed by atoms with Gasteiger partial charge in [0.15, 0.2) is 0 Å². The number of nitrogens with one attached hydrogen (secondary N) is 1. The smallest absolute Gasteiger partial charge is 0.261 e. The zero-order valence-electron chi connectivity index (χ0n) is 18.6. The molecule has 2 aromatic carbocycles. The summed E-state index contributed by atoms with van der Waals surface area (Å²) in [5, 5.41) is 4.92. The Bertz CT molecular complexity index is 1160. The molecule has 4 rings (SSSR count). The highest BCUT2D eigenvalue weighted by atomic mass is 32.1. The Morgan fingerprint density at radius 3 is 2.66 bits per heavy atom. The number of thiophene rings is 1. The molecule has 0 atom stereocenters. The van der Waals surface area contributed by atoms with Gasteiger partial charge in [-0.1, -0.05) is 24.3 Å². The lowest BCUT2D eigenvalue weighted by atomic mass is 10.1. The van der Waals surface area contributed by atoms with E-state index in [1.807, 2.05) is 35.7 Å². The molecule has 0 aliphatic heterocycles. The van der Waals surface area contributed by atoms with Crippen LogP contribution in [0.3, 0.4) is 0 Å². The number of carbonyl (C=O) groups excluding carboxylic acids is 1. The SMILES string of the molecule is Cc1cc(C)cc(OCCCCn2c(CCNC(=O)c3cccs3)nc3ccccc32)c1. The van der Waals surface area contributed by atoms with Gasteiger partial charge in [0.25, 0.3) is 5.91 Å². The van der Waals surface area contributed by atoms with Gasteiger partial charge in [0.2, 0.25) is 0 Å². The second-order valence-corrected chi connectivity index (χ2v) is 8.98. The van der Waals surface area contributed by atoms with Crippen LogP contribution in [0.5, 0.6) is 5.75 Å². The van der Waals surface area contributed by atoms with Crippen molar-refractivity contribution in [3.8, 4) is 5.75 Å². The van der Waals surface area contributed by atoms with Crippen molar-refractivity contribution in [2.45, 2.75) is 39.7 Å². The van der Waals surface area contributed by atoms with Gasteiger partial charge < -0.3 is 14.6 Å². The quantitative estimate of drug-likeness (QED) is 0.325. The first-order valence-electron chi connectivity index (χ1n) is 11.1. The van der Waals surface area contributed by atoms with Gasteiger partial charge in [-0.3, -0.25) is 4.79 Å². The third kappa shape index (κ3) is 5.56. The molecule has 1 amide bonds. The van der Waals surface area contributed by atoms with Crippen molar-refractivity contribution in [2.24, 2.45) is 0 Å². The van der Waals surface area contributed by atoms with Crippen LogP contribution in [0.15, 0.2) is 60.0 Å². The van der Waals surface area contributed by atoms with Crippen LogP contribution >= 0.6 is 11.3 Å². The summed E-state index contributed by atoms with van der Waals surface area (Å²) in [6, 6.07) is 18.3. The Hall–Kier alpha value is -3.12. The fourth-order valence-electron chi connectivity index (χ4n) is 3.93. The van der Waals surface area contributed by atoms with E-state index in [4.69, 9.17) is 9.72 Å². The summed E-state index contributed by atoms with van der Waals surface area (Å²) < 4.78 is 8.24. The molecular formula is C26H29N3O2S. The van der Waals surface area contributed by atoms with Crippen LogP contribution < -0.4 is 10.1 Å². The summed E-state index contributed by atoms with van der Waals surface area (Å²) in [5.41, 5.74) is 4.59. The minimum Gasteiger partial charge on any atom is -0.494 e. The molecule has 0 fully saturated rings. The molecule has 5 nitrogen and oxygen atoms in total. The number of para-hydroxylation sites is 2. The lowest BCUT2D eigenvalue weighted by Crippen LogP contribution is -2.25. The molecule has 1 N–H and O–H groups in total. The van der Waals surface area contributed by atoms with E-state index in [2.05, 4.69) is 48.0 Å². The molecule has 0 aliphatic carbocycles. The summed E-state index contributed by atoms with van der Waals surface area (Å²) in [5.74, 6) is 1.93. The number of ether oxygens (including phenoxy) is 1. The first-order chi connectivity index (χ1) is 15.6. The second kappa shape index (κ2) is 10.5. The Morgan fingerprint density at radius 2 is 1.88 bits per heavy atom. The summed E-state index contributed by atoms with van der Waals surface area (Å²) in [4.78, 5) is 17.8. The monoisotopic (exact) mass is 447 g/mol. The van der Waals surface area contributed by atoms with Crippen LogP contribution in [0.25, 0.3) is 11.0 Å². The van der Waals surface area contributed by atoms with E-state index in [-0.39, 0.29) is 5.91 Å². The van der Waals surface area contributed by atoms with Crippen LogP contribution in [0, 0.1) is 13.8 Å². The van der Waals surface area contributed by atoms with Gasteiger partial charge in [-0.25, -0.2) is 4.98 Å². The maximum atomic E-state index is 12.2. The number of aryl methyl sites for hydroxylation is 3. The maximum absolute atomic E-state index is 12.2. The van der Waals surface area contributed by atoms with E-state index in [1.165, 1.54) is 22.5 Å². The van der Waals surface area contributed by atoms with Crippen LogP contribution in [-0.4, -0.2) is 28.6 Å². The molecule has 0 saturated heterocycles. The van der Waals surface area contributed by atoms with Gasteiger partial charge >= 0.3 is 0 Å². The average Bonchev–Trinajstić information content (AvgIpc) is 3.41. The number of rotatable bonds is 10. The molecule has 0 unspecified atom stereocenters. The standard InChI is InChI=1S/C26H29N3O2S/c1-19-16-20(2)18-21(17-19)31-14-6-5-13-29-23-9-4-3-8-22(23)28-25(29)11-12-27-26(30)24-10-7-15-32-24/h3-4,7-10,15-18H,5-6,11-14H2,1-2H3,(H,27,30). The minimum atomic E-state index is -0.0220. The molecule has 2 aromatic heterocycles. The fraction of sp³-hybridized carbons (Fsp3) is 0.308. The van der Waals surface area contributed by atoms with E-state index in [0.717, 1.165) is 46.9 Å². The molecule has 0 saturated carbocycles. The van der Waals surface area contributed by atoms with E-state index in [0.29, 0.717) is 19.6 Å². The van der Waals surface area contributed by atoms with Crippen molar-refractivity contribution in [3.63, 3.8) is 0 Å². The first-order valence-corrected chi connectivity index (χ1v) is 11.9. The molecule has 32 heavy (non-hydrogen) atoms. The van der Waals surface area contributed by atoms with Gasteiger partial charge in [0.1, 0.15) is 11.6 Å². The van der Waals surface area contributed by atoms with Crippen molar-refractivity contribution in [1.82, 2.24) is 14.9 Å². The van der Waals surface area contributed by atoms with Gasteiger partial charge in [0, 0.05) is 19.5 Å². The number of hydrogen-bond donors (Lipinski definition) is 1. The molecule has 0 spiro atoms. The number of hydrogen-bond acceptors (Lipinski definition) is 4. The highest BCUT2D eigenvalue weighted by Gasteiger charge is 2.11. The number of amides is 1. The fourth-order valence-corrected chi connectivity index (χ4v) is 4.57. The Morgan fingerprint density at radius 1 is 1.06 bits per heavy atom. The van der Waals surface area contributed by atoms with Crippen molar-refractivity contribution in [3.05, 3.63) is 81.8 Å². The Balaban J connectivity index is 1.33. The number of fused-ring (bicyclic) bond motifs is 1. The molecule has 6 heteroatoms. The topological polar surface area (TPSA) is 56.1 Å². The van der Waals surface area contributed by atoms with Crippen molar-refractivity contribution < 1.29 is 9.53 Å². The summed E-state index contributed by atoms with van der Waals surface area (Å²) in [7, 11) is 0. The highest BCUT2D eigenvalue weighted by Crippen LogP contribution is 2.19. The lowest BCUT2D eigenvalue weighted by molar-refractivity contribution is 0.0958. The van der Waals surface area contributed by atoms with Crippen molar-refractivity contribution in [2.75, 3.05) is 13.2 Å². The van der Waals surface area contributed by atoms with Crippen LogP contribution in [-0.2, 0) is 13.0 Å².